The lowest BCUT2D eigenvalue weighted by molar-refractivity contribution is -0.120. The summed E-state index contributed by atoms with van der Waals surface area (Å²) in [5, 5.41) is 17.6. The van der Waals surface area contributed by atoms with E-state index in [1.807, 2.05) is 48.1 Å². The Morgan fingerprint density at radius 2 is 2.27 bits per heavy atom. The molecule has 0 radical (unpaired) electrons. The summed E-state index contributed by atoms with van der Waals surface area (Å²) in [4.78, 5) is 15.3. The van der Waals surface area contributed by atoms with E-state index in [9.17, 15) is 9.90 Å². The van der Waals surface area contributed by atoms with Crippen molar-refractivity contribution in [2.75, 3.05) is 6.54 Å². The lowest BCUT2D eigenvalue weighted by atomic mass is 10.1. The van der Waals surface area contributed by atoms with Gasteiger partial charge in [0, 0.05) is 23.6 Å². The third-order valence-corrected chi connectivity index (χ3v) is 4.48. The second kappa shape index (κ2) is 6.34. The zero-order valence-electron chi connectivity index (χ0n) is 12.3. The van der Waals surface area contributed by atoms with Gasteiger partial charge in [-0.25, -0.2) is 0 Å². The van der Waals surface area contributed by atoms with Gasteiger partial charge >= 0.3 is 0 Å². The van der Waals surface area contributed by atoms with Gasteiger partial charge in [0.05, 0.1) is 12.5 Å². The van der Waals surface area contributed by atoms with Crippen LogP contribution in [0.5, 0.6) is 0 Å². The summed E-state index contributed by atoms with van der Waals surface area (Å²) in [6.45, 7) is 2.27. The number of amides is 1. The van der Waals surface area contributed by atoms with Gasteiger partial charge in [0.25, 0.3) is 0 Å². The van der Waals surface area contributed by atoms with Crippen LogP contribution in [0.15, 0.2) is 41.2 Å². The number of aliphatic hydroxyl groups excluding tert-OH is 1. The van der Waals surface area contributed by atoms with Crippen molar-refractivity contribution >= 4 is 28.1 Å². The van der Waals surface area contributed by atoms with Gasteiger partial charge in [0.15, 0.2) is 0 Å². The Morgan fingerprint density at radius 1 is 1.41 bits per heavy atom. The molecule has 0 aliphatic rings. The lowest BCUT2D eigenvalue weighted by Crippen LogP contribution is -2.29. The molecule has 2 aromatic heterocycles. The fraction of sp³-hybridized carbons (Fsp3) is 0.235. The van der Waals surface area contributed by atoms with Crippen LogP contribution in [-0.2, 0) is 11.2 Å². The summed E-state index contributed by atoms with van der Waals surface area (Å²) >= 11 is 1.53. The number of hydrogen-bond acceptors (Lipinski definition) is 3. The number of carbonyl (C=O) groups is 1. The van der Waals surface area contributed by atoms with E-state index in [0.29, 0.717) is 6.42 Å². The number of rotatable bonds is 5. The first-order valence-electron chi connectivity index (χ1n) is 7.17. The molecule has 4 nitrogen and oxygen atoms in total. The van der Waals surface area contributed by atoms with Crippen molar-refractivity contribution < 1.29 is 9.90 Å². The maximum absolute atomic E-state index is 12.1. The predicted molar refractivity (Wildman–Crippen MR) is 89.0 cm³/mol. The number of aryl methyl sites for hydroxylation is 1. The Morgan fingerprint density at radius 3 is 3.05 bits per heavy atom. The molecule has 1 unspecified atom stereocenters. The number of para-hydroxylation sites is 1. The molecular formula is C17H18N2O2S. The van der Waals surface area contributed by atoms with E-state index < -0.39 is 6.10 Å². The van der Waals surface area contributed by atoms with Gasteiger partial charge in [0.1, 0.15) is 0 Å². The summed E-state index contributed by atoms with van der Waals surface area (Å²) in [7, 11) is 0. The van der Waals surface area contributed by atoms with Crippen LogP contribution in [0.2, 0.25) is 0 Å². The number of aromatic nitrogens is 1. The van der Waals surface area contributed by atoms with Crippen LogP contribution in [0.25, 0.3) is 10.9 Å². The zero-order valence-corrected chi connectivity index (χ0v) is 13.1. The minimum atomic E-state index is -0.652. The van der Waals surface area contributed by atoms with Crippen LogP contribution in [0.1, 0.15) is 22.8 Å². The topological polar surface area (TPSA) is 65.1 Å². The molecule has 0 saturated carbocycles. The molecule has 114 valence electrons. The Hall–Kier alpha value is -2.11. The minimum Gasteiger partial charge on any atom is -0.387 e. The summed E-state index contributed by atoms with van der Waals surface area (Å²) < 4.78 is 0. The summed E-state index contributed by atoms with van der Waals surface area (Å²) in [5.41, 5.74) is 4.05. The van der Waals surface area contributed by atoms with Crippen molar-refractivity contribution in [1.82, 2.24) is 10.3 Å². The third-order valence-electron chi connectivity index (χ3n) is 3.78. The van der Waals surface area contributed by atoms with Crippen molar-refractivity contribution in [3.05, 3.63) is 57.9 Å². The number of hydrogen-bond donors (Lipinski definition) is 3. The third kappa shape index (κ3) is 3.05. The Bertz CT molecular complexity index is 777. The van der Waals surface area contributed by atoms with Gasteiger partial charge in [-0.05, 0) is 40.4 Å². The van der Waals surface area contributed by atoms with E-state index in [-0.39, 0.29) is 12.5 Å². The largest absolute Gasteiger partial charge is 0.387 e. The number of nitrogens with one attached hydrogen (secondary N) is 2. The molecule has 3 N–H and O–H groups in total. The molecule has 0 spiro atoms. The predicted octanol–water partition coefficient (Wildman–Crippen LogP) is 2.93. The number of benzene rings is 1. The number of thiophene rings is 1. The van der Waals surface area contributed by atoms with E-state index in [0.717, 1.165) is 27.6 Å². The highest BCUT2D eigenvalue weighted by Gasteiger charge is 2.12. The van der Waals surface area contributed by atoms with Crippen molar-refractivity contribution in [1.29, 1.82) is 0 Å². The second-order valence-corrected chi connectivity index (χ2v) is 6.14. The Labute approximate surface area is 132 Å². The molecule has 1 atom stereocenters. The molecule has 0 aliphatic heterocycles. The molecule has 0 bridgehead atoms. The molecule has 3 aromatic rings. The van der Waals surface area contributed by atoms with Crippen molar-refractivity contribution in [3.8, 4) is 0 Å². The number of aliphatic hydroxyl groups is 1. The molecule has 2 heterocycles. The van der Waals surface area contributed by atoms with Crippen LogP contribution in [-0.4, -0.2) is 22.5 Å². The van der Waals surface area contributed by atoms with Gasteiger partial charge in [0.2, 0.25) is 5.91 Å². The first kappa shape index (κ1) is 14.8. The van der Waals surface area contributed by atoms with Crippen LogP contribution in [0.4, 0.5) is 0 Å². The SMILES string of the molecule is Cc1cccc2c(CC(=O)NCC(O)c3ccsc3)c[nH]c12. The monoisotopic (exact) mass is 314 g/mol. The molecule has 0 aliphatic carbocycles. The first-order chi connectivity index (χ1) is 10.6. The minimum absolute atomic E-state index is 0.0864. The fourth-order valence-electron chi connectivity index (χ4n) is 2.54. The number of aromatic amines is 1. The molecule has 0 fully saturated rings. The number of H-pyrrole nitrogens is 1. The Kier molecular flexibility index (Phi) is 4.27. The van der Waals surface area contributed by atoms with Crippen molar-refractivity contribution in [2.24, 2.45) is 0 Å². The molecular weight excluding hydrogens is 296 g/mol. The van der Waals surface area contributed by atoms with E-state index in [1.54, 1.807) is 0 Å². The van der Waals surface area contributed by atoms with Crippen molar-refractivity contribution in [3.63, 3.8) is 0 Å². The van der Waals surface area contributed by atoms with Crippen LogP contribution in [0.3, 0.4) is 0 Å². The molecule has 5 heteroatoms. The molecule has 22 heavy (non-hydrogen) atoms. The maximum atomic E-state index is 12.1. The zero-order chi connectivity index (χ0) is 15.5. The number of fused-ring (bicyclic) bond motifs is 1. The average molecular weight is 314 g/mol. The standard InChI is InChI=1S/C17H18N2O2S/c1-11-3-2-4-14-13(8-19-17(11)14)7-16(21)18-9-15(20)12-5-6-22-10-12/h2-6,8,10,15,19-20H,7,9H2,1H3,(H,18,21). The van der Waals surface area contributed by atoms with Crippen LogP contribution >= 0.6 is 11.3 Å². The summed E-state index contributed by atoms with van der Waals surface area (Å²) in [6, 6.07) is 7.92. The molecule has 1 amide bonds. The van der Waals surface area contributed by atoms with Crippen LogP contribution < -0.4 is 5.32 Å². The molecule has 0 saturated heterocycles. The summed E-state index contributed by atoms with van der Waals surface area (Å²) in [6.07, 6.45) is 1.53. The van der Waals surface area contributed by atoms with Crippen molar-refractivity contribution in [2.45, 2.75) is 19.4 Å². The van der Waals surface area contributed by atoms with Gasteiger partial charge < -0.3 is 15.4 Å². The molecule has 3 rings (SSSR count). The lowest BCUT2D eigenvalue weighted by Gasteiger charge is -2.10. The highest BCUT2D eigenvalue weighted by Crippen LogP contribution is 2.21. The first-order valence-corrected chi connectivity index (χ1v) is 8.12. The summed E-state index contributed by atoms with van der Waals surface area (Å²) in [5.74, 6) is -0.0864. The van der Waals surface area contributed by atoms with Gasteiger partial charge in [-0.3, -0.25) is 4.79 Å². The number of carbonyl (C=O) groups excluding carboxylic acids is 1. The Balaban J connectivity index is 1.63. The van der Waals surface area contributed by atoms with E-state index >= 15 is 0 Å². The van der Waals surface area contributed by atoms with Gasteiger partial charge in [-0.1, -0.05) is 18.2 Å². The van der Waals surface area contributed by atoms with Gasteiger partial charge in [-0.2, -0.15) is 11.3 Å². The average Bonchev–Trinajstić information content (AvgIpc) is 3.16. The smallest absolute Gasteiger partial charge is 0.224 e. The normalized spacial score (nSPS) is 12.5. The van der Waals surface area contributed by atoms with E-state index in [2.05, 4.69) is 10.3 Å². The van der Waals surface area contributed by atoms with E-state index in [1.165, 1.54) is 11.3 Å². The molecule has 1 aromatic carbocycles. The highest BCUT2D eigenvalue weighted by atomic mass is 32.1. The highest BCUT2D eigenvalue weighted by molar-refractivity contribution is 7.07. The van der Waals surface area contributed by atoms with E-state index in [4.69, 9.17) is 0 Å². The fourth-order valence-corrected chi connectivity index (χ4v) is 3.25. The quantitative estimate of drug-likeness (QED) is 0.678. The second-order valence-electron chi connectivity index (χ2n) is 5.36. The van der Waals surface area contributed by atoms with Crippen LogP contribution in [0, 0.1) is 6.92 Å². The van der Waals surface area contributed by atoms with Gasteiger partial charge in [-0.15, -0.1) is 0 Å². The maximum Gasteiger partial charge on any atom is 0.224 e.